The second kappa shape index (κ2) is 12.4. The number of anilines is 1. The maximum atomic E-state index is 13.2. The van der Waals surface area contributed by atoms with Crippen LogP contribution >= 0.6 is 0 Å². The van der Waals surface area contributed by atoms with Gasteiger partial charge in [-0.15, -0.1) is 0 Å². The lowest BCUT2D eigenvalue weighted by atomic mass is 10.2. The third-order valence-corrected chi connectivity index (χ3v) is 6.18. The molecule has 2 heterocycles. The molecule has 1 N–H and O–H groups in total. The summed E-state index contributed by atoms with van der Waals surface area (Å²) in [7, 11) is 4.59. The van der Waals surface area contributed by atoms with Gasteiger partial charge >= 0.3 is 5.69 Å². The lowest BCUT2D eigenvalue weighted by Gasteiger charge is -2.16. The molecule has 2 aromatic carbocycles. The number of nitrogens with zero attached hydrogens (tertiary/aromatic N) is 5. The third-order valence-electron chi connectivity index (χ3n) is 6.18. The maximum absolute atomic E-state index is 13.2. The molecule has 0 aliphatic carbocycles. The first-order chi connectivity index (χ1) is 19.3. The number of aromatic nitrogens is 4. The fourth-order valence-electron chi connectivity index (χ4n) is 4.34. The summed E-state index contributed by atoms with van der Waals surface area (Å²) in [4.78, 5) is 30.4. The van der Waals surface area contributed by atoms with Crippen LogP contribution < -0.4 is 35.6 Å². The molecule has 4 aromatic rings. The fourth-order valence-corrected chi connectivity index (χ4v) is 4.34. The van der Waals surface area contributed by atoms with Crippen LogP contribution in [-0.4, -0.2) is 51.8 Å². The molecule has 0 unspecified atom stereocenters. The van der Waals surface area contributed by atoms with E-state index in [9.17, 15) is 9.59 Å². The summed E-state index contributed by atoms with van der Waals surface area (Å²) < 4.78 is 26.9. The van der Waals surface area contributed by atoms with E-state index in [0.29, 0.717) is 48.4 Å². The summed E-state index contributed by atoms with van der Waals surface area (Å²) in [5.41, 5.74) is 4.01. The first-order valence-electron chi connectivity index (χ1n) is 13.0. The van der Waals surface area contributed by atoms with Gasteiger partial charge in [0, 0.05) is 25.2 Å². The molecule has 4 rings (SSSR count). The number of ether oxygens (including phenoxy) is 4. The van der Waals surface area contributed by atoms with Crippen molar-refractivity contribution in [2.45, 2.75) is 27.3 Å². The average Bonchev–Trinajstić information content (AvgIpc) is 3.31. The number of hydrogen-bond acceptors (Lipinski definition) is 9. The van der Waals surface area contributed by atoms with Crippen molar-refractivity contribution in [1.29, 1.82) is 0 Å². The highest BCUT2D eigenvalue weighted by atomic mass is 16.5. The Morgan fingerprint density at radius 2 is 1.57 bits per heavy atom. The number of benzene rings is 2. The van der Waals surface area contributed by atoms with E-state index in [1.165, 1.54) is 11.6 Å². The smallest absolute Gasteiger partial charge is 0.332 e. The van der Waals surface area contributed by atoms with E-state index in [4.69, 9.17) is 18.9 Å². The van der Waals surface area contributed by atoms with Crippen LogP contribution in [0.15, 0.2) is 51.1 Å². The Kier molecular flexibility index (Phi) is 8.77. The molecule has 0 atom stereocenters. The van der Waals surface area contributed by atoms with Gasteiger partial charge in [-0.05, 0) is 39.0 Å². The molecule has 0 amide bonds. The predicted octanol–water partition coefficient (Wildman–Crippen LogP) is 3.13. The van der Waals surface area contributed by atoms with Crippen molar-refractivity contribution in [3.63, 3.8) is 0 Å². The van der Waals surface area contributed by atoms with E-state index < -0.39 is 11.2 Å². The van der Waals surface area contributed by atoms with Crippen LogP contribution in [0.4, 0.5) is 5.95 Å². The Morgan fingerprint density at radius 3 is 2.20 bits per heavy atom. The highest BCUT2D eigenvalue weighted by Crippen LogP contribution is 2.38. The van der Waals surface area contributed by atoms with E-state index in [1.54, 1.807) is 37.1 Å². The normalized spacial score (nSPS) is 11.2. The van der Waals surface area contributed by atoms with Crippen LogP contribution in [0.2, 0.25) is 0 Å². The van der Waals surface area contributed by atoms with Crippen LogP contribution in [0.3, 0.4) is 0 Å². The maximum Gasteiger partial charge on any atom is 0.332 e. The molecule has 40 heavy (non-hydrogen) atoms. The molecular formula is C28H34N6O6. The van der Waals surface area contributed by atoms with Gasteiger partial charge in [0.15, 0.2) is 22.7 Å². The quantitative estimate of drug-likeness (QED) is 0.211. The topological polar surface area (TPSA) is 123 Å². The van der Waals surface area contributed by atoms with Crippen LogP contribution in [-0.2, 0) is 20.6 Å². The first kappa shape index (κ1) is 28.3. The Bertz CT molecular complexity index is 1620. The number of hydrogen-bond donors (Lipinski definition) is 1. The second-order valence-corrected chi connectivity index (χ2v) is 8.73. The minimum Gasteiger partial charge on any atom is -0.496 e. The number of para-hydroxylation sites is 1. The van der Waals surface area contributed by atoms with Gasteiger partial charge in [-0.25, -0.2) is 10.2 Å². The first-order valence-corrected chi connectivity index (χ1v) is 13.0. The summed E-state index contributed by atoms with van der Waals surface area (Å²) in [5.74, 6) is 2.54. The highest BCUT2D eigenvalue weighted by Gasteiger charge is 2.20. The Morgan fingerprint density at radius 1 is 0.925 bits per heavy atom. The van der Waals surface area contributed by atoms with Crippen LogP contribution in [0.25, 0.3) is 11.2 Å². The van der Waals surface area contributed by atoms with Gasteiger partial charge in [-0.3, -0.25) is 18.5 Å². The Hall–Kier alpha value is -4.74. The van der Waals surface area contributed by atoms with Crippen molar-refractivity contribution in [3.8, 4) is 23.0 Å². The van der Waals surface area contributed by atoms with Gasteiger partial charge < -0.3 is 18.9 Å². The largest absolute Gasteiger partial charge is 0.496 e. The van der Waals surface area contributed by atoms with Gasteiger partial charge in [0.25, 0.3) is 5.56 Å². The molecule has 0 radical (unpaired) electrons. The Labute approximate surface area is 231 Å². The standard InChI is InChI=1S/C28H34N6O6/c1-7-38-21-14-18(15-22(39-8-2)24(21)40-9-3)16-29-31-27-30-25-23(26(35)33(5)28(36)32(25)4)34(27)17-19-12-10-11-13-20(19)37-6/h10-16H,7-9,17H2,1-6H3,(H,30,31)/b29-16-. The number of nitrogens with one attached hydrogen (secondary N) is 1. The molecule has 12 nitrogen and oxygen atoms in total. The van der Waals surface area contributed by atoms with Gasteiger partial charge in [0.05, 0.1) is 39.7 Å². The molecule has 0 fully saturated rings. The molecule has 2 aromatic heterocycles. The highest BCUT2D eigenvalue weighted by molar-refractivity contribution is 5.83. The SMILES string of the molecule is CCOc1cc(/C=N\Nc2nc3c(c(=O)n(C)c(=O)n3C)n2Cc2ccccc2OC)cc(OCC)c1OCC. The number of methoxy groups -OCH3 is 1. The van der Waals surface area contributed by atoms with Gasteiger partial charge in [0.2, 0.25) is 11.7 Å². The fraction of sp³-hybridized carbons (Fsp3) is 0.357. The molecule has 0 aliphatic heterocycles. The molecular weight excluding hydrogens is 516 g/mol. The van der Waals surface area contributed by atoms with Crippen molar-refractivity contribution >= 4 is 23.3 Å². The molecule has 0 aliphatic rings. The summed E-state index contributed by atoms with van der Waals surface area (Å²) in [5, 5.41) is 4.40. The van der Waals surface area contributed by atoms with Crippen molar-refractivity contribution in [2.75, 3.05) is 32.4 Å². The van der Waals surface area contributed by atoms with E-state index in [1.807, 2.05) is 45.0 Å². The van der Waals surface area contributed by atoms with Gasteiger partial charge in [-0.2, -0.15) is 10.1 Å². The van der Waals surface area contributed by atoms with Crippen molar-refractivity contribution in [3.05, 3.63) is 68.4 Å². The molecule has 12 heteroatoms. The zero-order chi connectivity index (χ0) is 28.8. The molecule has 212 valence electrons. The lowest BCUT2D eigenvalue weighted by Crippen LogP contribution is -2.37. The monoisotopic (exact) mass is 550 g/mol. The van der Waals surface area contributed by atoms with Gasteiger partial charge in [-0.1, -0.05) is 18.2 Å². The minimum absolute atomic E-state index is 0.235. The number of hydrazone groups is 1. The van der Waals surface area contributed by atoms with Crippen molar-refractivity contribution in [2.24, 2.45) is 19.2 Å². The summed E-state index contributed by atoms with van der Waals surface area (Å²) in [6.45, 7) is 7.28. The Balaban J connectivity index is 1.79. The van der Waals surface area contributed by atoms with Crippen molar-refractivity contribution in [1.82, 2.24) is 18.7 Å². The van der Waals surface area contributed by atoms with Crippen molar-refractivity contribution < 1.29 is 18.9 Å². The molecule has 0 saturated heterocycles. The third kappa shape index (κ3) is 5.51. The molecule has 0 bridgehead atoms. The molecule has 0 spiro atoms. The summed E-state index contributed by atoms with van der Waals surface area (Å²) in [6, 6.07) is 11.1. The van der Waals surface area contributed by atoms with E-state index in [-0.39, 0.29) is 23.7 Å². The number of imidazole rings is 1. The second-order valence-electron chi connectivity index (χ2n) is 8.73. The van der Waals surface area contributed by atoms with E-state index >= 15 is 0 Å². The molecule has 0 saturated carbocycles. The zero-order valence-electron chi connectivity index (χ0n) is 23.6. The van der Waals surface area contributed by atoms with Crippen LogP contribution in [0.1, 0.15) is 31.9 Å². The predicted molar refractivity (Wildman–Crippen MR) is 153 cm³/mol. The zero-order valence-corrected chi connectivity index (χ0v) is 23.6. The number of fused-ring (bicyclic) bond motifs is 1. The van der Waals surface area contributed by atoms with E-state index in [2.05, 4.69) is 15.5 Å². The lowest BCUT2D eigenvalue weighted by molar-refractivity contribution is 0.261. The average molecular weight is 551 g/mol. The number of rotatable bonds is 12. The summed E-state index contributed by atoms with van der Waals surface area (Å²) >= 11 is 0. The van der Waals surface area contributed by atoms with Crippen LogP contribution in [0, 0.1) is 0 Å². The van der Waals surface area contributed by atoms with Gasteiger partial charge in [0.1, 0.15) is 5.75 Å². The van der Waals surface area contributed by atoms with E-state index in [0.717, 1.165) is 10.1 Å². The summed E-state index contributed by atoms with van der Waals surface area (Å²) in [6.07, 6.45) is 1.59. The minimum atomic E-state index is -0.476. The number of aryl methyl sites for hydroxylation is 1. The van der Waals surface area contributed by atoms with Crippen LogP contribution in [0.5, 0.6) is 23.0 Å².